The normalized spacial score (nSPS) is 21.4. The first-order chi connectivity index (χ1) is 11.1. The van der Waals surface area contributed by atoms with Crippen LogP contribution in [0.5, 0.6) is 0 Å². The van der Waals surface area contributed by atoms with Crippen molar-refractivity contribution in [2.24, 2.45) is 5.92 Å². The summed E-state index contributed by atoms with van der Waals surface area (Å²) in [6.07, 6.45) is 4.98. The summed E-state index contributed by atoms with van der Waals surface area (Å²) in [4.78, 5) is 16.6. The van der Waals surface area contributed by atoms with Crippen molar-refractivity contribution >= 4 is 17.7 Å². The monoisotopic (exact) mass is 332 g/mol. The van der Waals surface area contributed by atoms with Crippen LogP contribution in [0.25, 0.3) is 0 Å². The standard InChI is InChI=1S/C19H28N2OS/c1-14(2)23-18-9-4-3-8-17(18)19(22)21(13-15-6-5-7-15)16-10-11-20-12-16/h3-4,8-9,14-16,20H,5-7,10-13H2,1-2H3/t16-/m0/s1. The van der Waals surface area contributed by atoms with E-state index in [1.165, 1.54) is 19.3 Å². The Morgan fingerprint density at radius 2 is 2.09 bits per heavy atom. The number of thioether (sulfide) groups is 1. The molecule has 1 aromatic carbocycles. The molecule has 0 aromatic heterocycles. The lowest BCUT2D eigenvalue weighted by atomic mass is 9.84. The Kier molecular flexibility index (Phi) is 5.65. The van der Waals surface area contributed by atoms with Crippen LogP contribution in [0, 0.1) is 5.92 Å². The second-order valence-electron chi connectivity index (χ2n) is 7.06. The summed E-state index contributed by atoms with van der Waals surface area (Å²) in [6, 6.07) is 8.48. The van der Waals surface area contributed by atoms with Gasteiger partial charge in [0.1, 0.15) is 0 Å². The van der Waals surface area contributed by atoms with E-state index in [-0.39, 0.29) is 5.91 Å². The maximum atomic E-state index is 13.3. The molecule has 3 nitrogen and oxygen atoms in total. The van der Waals surface area contributed by atoms with Crippen molar-refractivity contribution in [3.05, 3.63) is 29.8 Å². The molecule has 0 bridgehead atoms. The van der Waals surface area contributed by atoms with Gasteiger partial charge in [-0.15, -0.1) is 11.8 Å². The van der Waals surface area contributed by atoms with Crippen LogP contribution in [0.3, 0.4) is 0 Å². The number of carbonyl (C=O) groups is 1. The van der Waals surface area contributed by atoms with Crippen LogP contribution < -0.4 is 5.32 Å². The number of hydrogen-bond acceptors (Lipinski definition) is 3. The molecule has 0 spiro atoms. The van der Waals surface area contributed by atoms with Gasteiger partial charge in [0, 0.05) is 29.3 Å². The zero-order valence-corrected chi connectivity index (χ0v) is 15.1. The number of nitrogens with one attached hydrogen (secondary N) is 1. The maximum Gasteiger partial charge on any atom is 0.255 e. The van der Waals surface area contributed by atoms with Crippen molar-refractivity contribution < 1.29 is 4.79 Å². The molecule has 1 amide bonds. The quantitative estimate of drug-likeness (QED) is 0.805. The van der Waals surface area contributed by atoms with E-state index in [0.717, 1.165) is 36.5 Å². The molecule has 2 fully saturated rings. The second-order valence-corrected chi connectivity index (χ2v) is 8.68. The average Bonchev–Trinajstić information content (AvgIpc) is 2.99. The summed E-state index contributed by atoms with van der Waals surface area (Å²) in [6.45, 7) is 7.27. The van der Waals surface area contributed by atoms with E-state index in [2.05, 4.69) is 30.1 Å². The van der Waals surface area contributed by atoms with Crippen LogP contribution in [0.2, 0.25) is 0 Å². The Balaban J connectivity index is 1.81. The fourth-order valence-electron chi connectivity index (χ4n) is 3.41. The van der Waals surface area contributed by atoms with Gasteiger partial charge in [-0.05, 0) is 43.9 Å². The summed E-state index contributed by atoms with van der Waals surface area (Å²) in [7, 11) is 0. The van der Waals surface area contributed by atoms with Crippen LogP contribution in [-0.4, -0.2) is 41.7 Å². The number of hydrogen-bond donors (Lipinski definition) is 1. The molecule has 1 atom stereocenters. The highest BCUT2D eigenvalue weighted by Gasteiger charge is 2.32. The van der Waals surface area contributed by atoms with Gasteiger partial charge >= 0.3 is 0 Å². The molecular weight excluding hydrogens is 304 g/mol. The Morgan fingerprint density at radius 1 is 1.30 bits per heavy atom. The molecule has 0 unspecified atom stereocenters. The van der Waals surface area contributed by atoms with Crippen molar-refractivity contribution in [3.63, 3.8) is 0 Å². The lowest BCUT2D eigenvalue weighted by molar-refractivity contribution is 0.0612. The molecule has 2 aliphatic rings. The summed E-state index contributed by atoms with van der Waals surface area (Å²) >= 11 is 1.79. The number of benzene rings is 1. The summed E-state index contributed by atoms with van der Waals surface area (Å²) in [5.74, 6) is 0.943. The highest BCUT2D eigenvalue weighted by atomic mass is 32.2. The average molecular weight is 333 g/mol. The predicted octanol–water partition coefficient (Wildman–Crippen LogP) is 3.79. The molecule has 1 aliphatic heterocycles. The van der Waals surface area contributed by atoms with E-state index in [1.807, 2.05) is 18.2 Å². The van der Waals surface area contributed by atoms with Crippen molar-refractivity contribution in [1.82, 2.24) is 10.2 Å². The highest BCUT2D eigenvalue weighted by molar-refractivity contribution is 8.00. The molecule has 1 aromatic rings. The molecular formula is C19H28N2OS. The highest BCUT2D eigenvalue weighted by Crippen LogP contribution is 2.31. The molecule has 126 valence electrons. The predicted molar refractivity (Wildman–Crippen MR) is 97.1 cm³/mol. The van der Waals surface area contributed by atoms with E-state index >= 15 is 0 Å². The largest absolute Gasteiger partial charge is 0.334 e. The molecule has 4 heteroatoms. The fraction of sp³-hybridized carbons (Fsp3) is 0.632. The maximum absolute atomic E-state index is 13.3. The summed E-state index contributed by atoms with van der Waals surface area (Å²) in [5, 5.41) is 3.90. The molecule has 1 saturated carbocycles. The first-order valence-electron chi connectivity index (χ1n) is 8.92. The van der Waals surface area contributed by atoms with Crippen molar-refractivity contribution in [3.8, 4) is 0 Å². The third kappa shape index (κ3) is 4.10. The van der Waals surface area contributed by atoms with Gasteiger partial charge in [0.2, 0.25) is 0 Å². The number of rotatable bonds is 6. The lowest BCUT2D eigenvalue weighted by Gasteiger charge is -2.36. The van der Waals surface area contributed by atoms with Crippen LogP contribution in [-0.2, 0) is 0 Å². The Morgan fingerprint density at radius 3 is 2.70 bits per heavy atom. The van der Waals surface area contributed by atoms with Crippen LogP contribution in [0.15, 0.2) is 29.2 Å². The molecule has 1 N–H and O–H groups in total. The van der Waals surface area contributed by atoms with Gasteiger partial charge in [-0.1, -0.05) is 32.4 Å². The van der Waals surface area contributed by atoms with Crippen LogP contribution in [0.4, 0.5) is 0 Å². The van der Waals surface area contributed by atoms with Gasteiger partial charge in [0.15, 0.2) is 0 Å². The number of nitrogens with zero attached hydrogens (tertiary/aromatic N) is 1. The third-order valence-electron chi connectivity index (χ3n) is 4.90. The molecule has 1 heterocycles. The Hall–Kier alpha value is -1.00. The second kappa shape index (κ2) is 7.71. The van der Waals surface area contributed by atoms with Gasteiger partial charge < -0.3 is 10.2 Å². The van der Waals surface area contributed by atoms with E-state index in [0.29, 0.717) is 17.2 Å². The minimum absolute atomic E-state index is 0.231. The Bertz CT molecular complexity index is 536. The van der Waals surface area contributed by atoms with Crippen LogP contribution in [0.1, 0.15) is 49.9 Å². The van der Waals surface area contributed by atoms with Crippen LogP contribution >= 0.6 is 11.8 Å². The van der Waals surface area contributed by atoms with Gasteiger partial charge in [0.05, 0.1) is 5.56 Å². The first kappa shape index (κ1) is 16.8. The zero-order chi connectivity index (χ0) is 16.2. The smallest absolute Gasteiger partial charge is 0.255 e. The third-order valence-corrected chi connectivity index (χ3v) is 5.98. The number of amides is 1. The van der Waals surface area contributed by atoms with Gasteiger partial charge in [-0.25, -0.2) is 0 Å². The minimum Gasteiger partial charge on any atom is -0.334 e. The van der Waals surface area contributed by atoms with Gasteiger partial charge in [-0.3, -0.25) is 4.79 Å². The SMILES string of the molecule is CC(C)Sc1ccccc1C(=O)N(CC1CCC1)[C@H]1CCNC1. The van der Waals surface area contributed by atoms with Gasteiger partial charge in [-0.2, -0.15) is 0 Å². The number of carbonyl (C=O) groups excluding carboxylic acids is 1. The molecule has 1 saturated heterocycles. The molecule has 1 aliphatic carbocycles. The first-order valence-corrected chi connectivity index (χ1v) is 9.80. The van der Waals surface area contributed by atoms with Crippen molar-refractivity contribution in [2.75, 3.05) is 19.6 Å². The lowest BCUT2D eigenvalue weighted by Crippen LogP contribution is -2.45. The minimum atomic E-state index is 0.231. The van der Waals surface area contributed by atoms with E-state index < -0.39 is 0 Å². The topological polar surface area (TPSA) is 32.3 Å². The van der Waals surface area contributed by atoms with Gasteiger partial charge in [0.25, 0.3) is 5.91 Å². The Labute approximate surface area is 144 Å². The summed E-state index contributed by atoms with van der Waals surface area (Å²) in [5.41, 5.74) is 0.887. The molecule has 23 heavy (non-hydrogen) atoms. The molecule has 3 rings (SSSR count). The van der Waals surface area contributed by atoms with E-state index in [1.54, 1.807) is 11.8 Å². The van der Waals surface area contributed by atoms with E-state index in [4.69, 9.17) is 0 Å². The van der Waals surface area contributed by atoms with Crippen molar-refractivity contribution in [1.29, 1.82) is 0 Å². The molecule has 0 radical (unpaired) electrons. The van der Waals surface area contributed by atoms with E-state index in [9.17, 15) is 4.79 Å². The van der Waals surface area contributed by atoms with Crippen molar-refractivity contribution in [2.45, 2.75) is 55.7 Å². The fourth-order valence-corrected chi connectivity index (χ4v) is 4.36. The summed E-state index contributed by atoms with van der Waals surface area (Å²) < 4.78 is 0. The zero-order valence-electron chi connectivity index (χ0n) is 14.3.